The number of benzene rings is 2. The fourth-order valence-corrected chi connectivity index (χ4v) is 3.19. The minimum atomic E-state index is -1.45. The van der Waals surface area contributed by atoms with Crippen LogP contribution in [0.5, 0.6) is 5.75 Å². The van der Waals surface area contributed by atoms with E-state index in [9.17, 15) is 14.7 Å². The van der Waals surface area contributed by atoms with Crippen LogP contribution in [-0.4, -0.2) is 35.8 Å². The van der Waals surface area contributed by atoms with Crippen molar-refractivity contribution >= 4 is 17.6 Å². The molecule has 0 bridgehead atoms. The van der Waals surface area contributed by atoms with Gasteiger partial charge in [0.15, 0.2) is 5.54 Å². The average Bonchev–Trinajstić information content (AvgIpc) is 2.68. The molecular weight excluding hydrogens is 346 g/mol. The van der Waals surface area contributed by atoms with Gasteiger partial charge in [-0.2, -0.15) is 0 Å². The summed E-state index contributed by atoms with van der Waals surface area (Å²) in [6, 6.07) is 16.0. The molecule has 0 fully saturated rings. The molecule has 142 valence electrons. The highest BCUT2D eigenvalue weighted by Crippen LogP contribution is 2.37. The molecule has 0 heterocycles. The van der Waals surface area contributed by atoms with E-state index >= 15 is 0 Å². The summed E-state index contributed by atoms with van der Waals surface area (Å²) in [5, 5.41) is 19.2. The van der Waals surface area contributed by atoms with Crippen molar-refractivity contribution in [2.45, 2.75) is 18.9 Å². The van der Waals surface area contributed by atoms with Gasteiger partial charge in [0, 0.05) is 24.7 Å². The summed E-state index contributed by atoms with van der Waals surface area (Å²) in [6.45, 7) is 2.28. The summed E-state index contributed by atoms with van der Waals surface area (Å²) < 4.78 is 5.18. The van der Waals surface area contributed by atoms with Crippen molar-refractivity contribution in [3.8, 4) is 5.75 Å². The first kappa shape index (κ1) is 20.0. The number of aliphatic carboxylic acids is 2. The van der Waals surface area contributed by atoms with E-state index in [-0.39, 0.29) is 6.42 Å². The summed E-state index contributed by atoms with van der Waals surface area (Å²) in [6.07, 6.45) is 2.36. The Kier molecular flexibility index (Phi) is 6.60. The minimum Gasteiger partial charge on any atom is -0.497 e. The van der Waals surface area contributed by atoms with Crippen LogP contribution in [0.4, 0.5) is 5.69 Å². The van der Waals surface area contributed by atoms with Crippen molar-refractivity contribution in [1.29, 1.82) is 0 Å². The fraction of sp³-hybridized carbons (Fsp3) is 0.238. The van der Waals surface area contributed by atoms with Gasteiger partial charge in [-0.1, -0.05) is 36.4 Å². The standard InChI is InChI=1S/C21H23NO5/c1-3-22(17-11-13-18(27-2)14-12-17)21(20(25)26,15-7-10-19(23)24)16-8-5-4-6-9-16/h4-14H,3,15H2,1-2H3,(H,23,24)(H,25,26)/b10-7+/t21-/m0/s1. The van der Waals surface area contributed by atoms with E-state index in [4.69, 9.17) is 9.84 Å². The highest BCUT2D eigenvalue weighted by molar-refractivity contribution is 5.86. The van der Waals surface area contributed by atoms with Crippen LogP contribution in [-0.2, 0) is 15.1 Å². The minimum absolute atomic E-state index is 0.00147. The molecule has 6 nitrogen and oxygen atoms in total. The smallest absolute Gasteiger partial charge is 0.334 e. The fourth-order valence-electron chi connectivity index (χ4n) is 3.19. The van der Waals surface area contributed by atoms with E-state index in [1.807, 2.05) is 13.0 Å². The molecule has 2 aromatic rings. The zero-order chi connectivity index (χ0) is 19.9. The molecule has 0 aliphatic heterocycles. The summed E-state index contributed by atoms with van der Waals surface area (Å²) in [5.41, 5.74) is -0.171. The van der Waals surface area contributed by atoms with Gasteiger partial charge in [-0.3, -0.25) is 0 Å². The summed E-state index contributed by atoms with van der Waals surface area (Å²) in [7, 11) is 1.56. The van der Waals surface area contributed by atoms with Crippen LogP contribution in [0, 0.1) is 0 Å². The predicted molar refractivity (Wildman–Crippen MR) is 103 cm³/mol. The zero-order valence-corrected chi connectivity index (χ0v) is 15.3. The molecule has 6 heteroatoms. The highest BCUT2D eigenvalue weighted by atomic mass is 16.5. The number of rotatable bonds is 9. The van der Waals surface area contributed by atoms with E-state index in [1.54, 1.807) is 60.5 Å². The molecule has 27 heavy (non-hydrogen) atoms. The van der Waals surface area contributed by atoms with Crippen LogP contribution in [0.1, 0.15) is 18.9 Å². The third-order valence-electron chi connectivity index (χ3n) is 4.44. The molecule has 0 saturated heterocycles. The van der Waals surface area contributed by atoms with Crippen LogP contribution in [0.3, 0.4) is 0 Å². The highest BCUT2D eigenvalue weighted by Gasteiger charge is 2.44. The van der Waals surface area contributed by atoms with E-state index in [1.165, 1.54) is 6.08 Å². The molecule has 2 aromatic carbocycles. The molecule has 0 amide bonds. The number of carboxylic acids is 2. The molecule has 0 radical (unpaired) electrons. The molecule has 1 atom stereocenters. The second kappa shape index (κ2) is 8.89. The lowest BCUT2D eigenvalue weighted by Crippen LogP contribution is -2.52. The van der Waals surface area contributed by atoms with Crippen molar-refractivity contribution < 1.29 is 24.5 Å². The van der Waals surface area contributed by atoms with Crippen LogP contribution < -0.4 is 9.64 Å². The average molecular weight is 369 g/mol. The van der Waals surface area contributed by atoms with E-state index in [0.29, 0.717) is 23.5 Å². The first-order valence-electron chi connectivity index (χ1n) is 8.55. The Balaban J connectivity index is 2.62. The van der Waals surface area contributed by atoms with Gasteiger partial charge in [0.25, 0.3) is 0 Å². The number of anilines is 1. The second-order valence-corrected chi connectivity index (χ2v) is 5.92. The Labute approximate surface area is 158 Å². The molecule has 2 rings (SSSR count). The van der Waals surface area contributed by atoms with E-state index < -0.39 is 17.5 Å². The van der Waals surface area contributed by atoms with E-state index in [0.717, 1.165) is 6.08 Å². The van der Waals surface area contributed by atoms with Gasteiger partial charge in [-0.25, -0.2) is 9.59 Å². The van der Waals surface area contributed by atoms with Crippen LogP contribution in [0.2, 0.25) is 0 Å². The van der Waals surface area contributed by atoms with Gasteiger partial charge in [-0.05, 0) is 36.8 Å². The van der Waals surface area contributed by atoms with E-state index in [2.05, 4.69) is 0 Å². The summed E-state index contributed by atoms with van der Waals surface area (Å²) in [5.74, 6) is -1.50. The van der Waals surface area contributed by atoms with Gasteiger partial charge in [0.05, 0.1) is 7.11 Å². The largest absolute Gasteiger partial charge is 0.497 e. The summed E-state index contributed by atoms with van der Waals surface area (Å²) in [4.78, 5) is 25.2. The van der Waals surface area contributed by atoms with Gasteiger partial charge in [0.1, 0.15) is 5.75 Å². The Morgan fingerprint density at radius 2 is 1.70 bits per heavy atom. The van der Waals surface area contributed by atoms with Crippen LogP contribution in [0.25, 0.3) is 0 Å². The van der Waals surface area contributed by atoms with Crippen LogP contribution in [0.15, 0.2) is 66.7 Å². The van der Waals surface area contributed by atoms with Gasteiger partial charge in [-0.15, -0.1) is 0 Å². The molecule has 0 aromatic heterocycles. The maximum absolute atomic E-state index is 12.5. The molecule has 0 spiro atoms. The Bertz CT molecular complexity index is 801. The lowest BCUT2D eigenvalue weighted by molar-refractivity contribution is -0.144. The number of methoxy groups -OCH3 is 1. The molecular formula is C21H23NO5. The number of nitrogens with zero attached hydrogens (tertiary/aromatic N) is 1. The lowest BCUT2D eigenvalue weighted by atomic mass is 9.83. The van der Waals surface area contributed by atoms with Crippen LogP contribution >= 0.6 is 0 Å². The normalized spacial score (nSPS) is 13.1. The second-order valence-electron chi connectivity index (χ2n) is 5.92. The zero-order valence-electron chi connectivity index (χ0n) is 15.3. The Hall–Kier alpha value is -3.28. The molecule has 0 saturated carbocycles. The maximum Gasteiger partial charge on any atom is 0.334 e. The molecule has 2 N–H and O–H groups in total. The first-order chi connectivity index (χ1) is 13.0. The number of hydrogen-bond acceptors (Lipinski definition) is 4. The topological polar surface area (TPSA) is 87.1 Å². The summed E-state index contributed by atoms with van der Waals surface area (Å²) >= 11 is 0. The molecule has 0 aliphatic rings. The maximum atomic E-state index is 12.5. The third-order valence-corrected chi connectivity index (χ3v) is 4.44. The number of hydrogen-bond donors (Lipinski definition) is 2. The number of ether oxygens (including phenoxy) is 1. The number of carbonyl (C=O) groups is 2. The van der Waals surface area contributed by atoms with Gasteiger partial charge in [0.2, 0.25) is 0 Å². The molecule has 0 aliphatic carbocycles. The van der Waals surface area contributed by atoms with Crippen molar-refractivity contribution in [2.75, 3.05) is 18.6 Å². The van der Waals surface area contributed by atoms with Crippen molar-refractivity contribution in [2.24, 2.45) is 0 Å². The van der Waals surface area contributed by atoms with Crippen molar-refractivity contribution in [1.82, 2.24) is 0 Å². The quantitative estimate of drug-likeness (QED) is 0.658. The molecule has 0 unspecified atom stereocenters. The van der Waals surface area contributed by atoms with Crippen molar-refractivity contribution in [3.05, 3.63) is 72.3 Å². The predicted octanol–water partition coefficient (Wildman–Crippen LogP) is 3.53. The Morgan fingerprint density at radius 1 is 1.07 bits per heavy atom. The number of carboxylic acid groups (broad SMARTS) is 2. The SMILES string of the molecule is CCN(c1ccc(OC)cc1)[C@](C/C=C/C(=O)O)(C(=O)O)c1ccccc1. The number of likely N-dealkylation sites (N-methyl/N-ethyl adjacent to an activating group) is 1. The monoisotopic (exact) mass is 369 g/mol. The first-order valence-corrected chi connectivity index (χ1v) is 8.55. The lowest BCUT2D eigenvalue weighted by Gasteiger charge is -2.42. The van der Waals surface area contributed by atoms with Gasteiger partial charge >= 0.3 is 11.9 Å². The third kappa shape index (κ3) is 4.28. The van der Waals surface area contributed by atoms with Gasteiger partial charge < -0.3 is 19.8 Å². The Morgan fingerprint density at radius 3 is 2.19 bits per heavy atom. The van der Waals surface area contributed by atoms with Crippen molar-refractivity contribution in [3.63, 3.8) is 0 Å².